The number of quaternary nitrogens is 2. The second-order valence-electron chi connectivity index (χ2n) is 7.22. The number of rotatable bonds is 6. The van der Waals surface area contributed by atoms with Gasteiger partial charge in [-0.2, -0.15) is 0 Å². The summed E-state index contributed by atoms with van der Waals surface area (Å²) in [5.74, 6) is 2.30. The van der Waals surface area contributed by atoms with Crippen LogP contribution in [0.25, 0.3) is 0 Å². The zero-order chi connectivity index (χ0) is 17.8. The van der Waals surface area contributed by atoms with Crippen molar-refractivity contribution in [2.75, 3.05) is 27.0 Å². The minimum atomic E-state index is 0.279. The number of hydrogen-bond acceptors (Lipinski definition) is 3. The maximum atomic E-state index is 5.52. The summed E-state index contributed by atoms with van der Waals surface area (Å²) < 4.78 is 16.4. The summed E-state index contributed by atoms with van der Waals surface area (Å²) in [5.41, 5.74) is 2.67. The van der Waals surface area contributed by atoms with Gasteiger partial charge in [0.25, 0.3) is 0 Å². The lowest BCUT2D eigenvalue weighted by molar-refractivity contribution is -0.926. The Morgan fingerprint density at radius 2 is 1.88 bits per heavy atom. The van der Waals surface area contributed by atoms with Gasteiger partial charge in [0.2, 0.25) is 12.5 Å². The molecule has 2 aliphatic heterocycles. The highest BCUT2D eigenvalue weighted by Crippen LogP contribution is 2.41. The molecule has 0 amide bonds. The minimum Gasteiger partial charge on any atom is -0.493 e. The zero-order valence-electron chi connectivity index (χ0n) is 15.4. The molecule has 0 atom stereocenters. The van der Waals surface area contributed by atoms with E-state index in [0.29, 0.717) is 6.04 Å². The first kappa shape index (κ1) is 17.2. The van der Waals surface area contributed by atoms with Crippen LogP contribution in [0.4, 0.5) is 0 Å². The predicted molar refractivity (Wildman–Crippen MR) is 98.6 cm³/mol. The van der Waals surface area contributed by atoms with Gasteiger partial charge in [-0.3, -0.25) is 0 Å². The average molecular weight is 356 g/mol. The second-order valence-corrected chi connectivity index (χ2v) is 7.22. The van der Waals surface area contributed by atoms with Crippen LogP contribution >= 0.6 is 0 Å². The van der Waals surface area contributed by atoms with Crippen molar-refractivity contribution in [3.8, 4) is 17.2 Å². The number of ether oxygens (including phenoxy) is 3. The topological polar surface area (TPSA) is 48.7 Å². The molecule has 0 radical (unpaired) electrons. The number of piperidine rings is 1. The van der Waals surface area contributed by atoms with Gasteiger partial charge in [0, 0.05) is 24.0 Å². The van der Waals surface area contributed by atoms with Crippen molar-refractivity contribution in [3.05, 3.63) is 53.6 Å². The third-order valence-corrected chi connectivity index (χ3v) is 5.44. The summed E-state index contributed by atoms with van der Waals surface area (Å²) in [6, 6.07) is 15.7. The smallest absolute Gasteiger partial charge is 0.231 e. The number of fused-ring (bicyclic) bond motifs is 1. The van der Waals surface area contributed by atoms with Crippen LogP contribution in [-0.2, 0) is 13.1 Å². The van der Waals surface area contributed by atoms with Gasteiger partial charge in [0.05, 0.1) is 26.2 Å². The lowest BCUT2D eigenvalue weighted by atomic mass is 10.0. The van der Waals surface area contributed by atoms with Crippen molar-refractivity contribution in [2.45, 2.75) is 32.0 Å². The van der Waals surface area contributed by atoms with Crippen LogP contribution in [0.3, 0.4) is 0 Å². The quantitative estimate of drug-likeness (QED) is 0.803. The fourth-order valence-electron chi connectivity index (χ4n) is 3.95. The highest BCUT2D eigenvalue weighted by molar-refractivity contribution is 5.54. The van der Waals surface area contributed by atoms with Gasteiger partial charge >= 0.3 is 0 Å². The minimum absolute atomic E-state index is 0.279. The van der Waals surface area contributed by atoms with E-state index in [1.165, 1.54) is 37.1 Å². The van der Waals surface area contributed by atoms with Crippen LogP contribution in [0.15, 0.2) is 42.5 Å². The van der Waals surface area contributed by atoms with Crippen molar-refractivity contribution in [1.82, 2.24) is 0 Å². The first-order chi connectivity index (χ1) is 12.8. The molecule has 0 aromatic heterocycles. The Kier molecular flexibility index (Phi) is 5.27. The van der Waals surface area contributed by atoms with E-state index in [1.54, 1.807) is 12.0 Å². The third-order valence-electron chi connectivity index (χ3n) is 5.44. The summed E-state index contributed by atoms with van der Waals surface area (Å²) in [5, 5.41) is 2.47. The van der Waals surface area contributed by atoms with Gasteiger partial charge in [-0.05, 0) is 12.1 Å². The standard InChI is InChI=1S/C21H26N2O3/c1-24-19-11-17(12-20-21(19)26-15-25-20)13-22-18-7-9-23(10-8-18)14-16-5-3-2-4-6-16/h2-6,11-12,18,22H,7-10,13-15H2,1H3/p+2. The Morgan fingerprint density at radius 3 is 2.65 bits per heavy atom. The molecule has 1 fully saturated rings. The third kappa shape index (κ3) is 3.94. The Bertz CT molecular complexity index is 728. The lowest BCUT2D eigenvalue weighted by Crippen LogP contribution is -3.13. The summed E-state index contributed by atoms with van der Waals surface area (Å²) in [6.45, 7) is 4.88. The first-order valence-corrected chi connectivity index (χ1v) is 9.49. The fraction of sp³-hybridized carbons (Fsp3) is 0.429. The second kappa shape index (κ2) is 7.98. The average Bonchev–Trinajstić information content (AvgIpc) is 3.16. The molecule has 3 N–H and O–H groups in total. The largest absolute Gasteiger partial charge is 0.493 e. The van der Waals surface area contributed by atoms with E-state index in [1.807, 2.05) is 0 Å². The maximum Gasteiger partial charge on any atom is 0.231 e. The molecule has 138 valence electrons. The van der Waals surface area contributed by atoms with E-state index in [0.717, 1.165) is 30.3 Å². The van der Waals surface area contributed by atoms with Crippen LogP contribution in [-0.4, -0.2) is 33.0 Å². The van der Waals surface area contributed by atoms with Crippen LogP contribution in [0.5, 0.6) is 17.2 Å². The van der Waals surface area contributed by atoms with Crippen molar-refractivity contribution >= 4 is 0 Å². The molecule has 26 heavy (non-hydrogen) atoms. The number of hydrogen-bond donors (Lipinski definition) is 2. The molecule has 2 heterocycles. The van der Waals surface area contributed by atoms with E-state index < -0.39 is 0 Å². The van der Waals surface area contributed by atoms with Gasteiger partial charge in [0.15, 0.2) is 11.5 Å². The summed E-state index contributed by atoms with van der Waals surface area (Å²) in [6.07, 6.45) is 2.54. The maximum absolute atomic E-state index is 5.52. The van der Waals surface area contributed by atoms with E-state index in [9.17, 15) is 0 Å². The van der Waals surface area contributed by atoms with Crippen molar-refractivity contribution in [3.63, 3.8) is 0 Å². The molecule has 4 rings (SSSR count). The SMILES string of the molecule is COc1cc(C[NH2+]C2CC[NH+](Cc3ccccc3)CC2)cc2c1OCO2. The monoisotopic (exact) mass is 356 g/mol. The first-order valence-electron chi connectivity index (χ1n) is 9.49. The number of likely N-dealkylation sites (tertiary alicyclic amines) is 1. The number of nitrogens with one attached hydrogen (secondary N) is 1. The normalized spacial score (nSPS) is 21.6. The lowest BCUT2D eigenvalue weighted by Gasteiger charge is -2.28. The molecule has 0 unspecified atom stereocenters. The van der Waals surface area contributed by atoms with Crippen LogP contribution in [0.1, 0.15) is 24.0 Å². The van der Waals surface area contributed by atoms with Gasteiger partial charge in [0.1, 0.15) is 13.1 Å². The summed E-state index contributed by atoms with van der Waals surface area (Å²) in [7, 11) is 1.68. The molecule has 1 saturated heterocycles. The molecule has 5 nitrogen and oxygen atoms in total. The zero-order valence-corrected chi connectivity index (χ0v) is 15.4. The molecular formula is C21H28N2O3+2. The molecule has 5 heteroatoms. The molecule has 2 aromatic carbocycles. The van der Waals surface area contributed by atoms with Gasteiger partial charge in [-0.25, -0.2) is 0 Å². The Morgan fingerprint density at radius 1 is 1.08 bits per heavy atom. The molecule has 0 aliphatic carbocycles. The van der Waals surface area contributed by atoms with Crippen LogP contribution < -0.4 is 24.4 Å². The number of benzene rings is 2. The highest BCUT2D eigenvalue weighted by atomic mass is 16.7. The van der Waals surface area contributed by atoms with Crippen molar-refractivity contribution < 1.29 is 24.4 Å². The van der Waals surface area contributed by atoms with E-state index in [4.69, 9.17) is 14.2 Å². The molecule has 0 spiro atoms. The van der Waals surface area contributed by atoms with Gasteiger partial charge in [-0.1, -0.05) is 30.3 Å². The molecule has 2 aliphatic rings. The van der Waals surface area contributed by atoms with Crippen molar-refractivity contribution in [2.24, 2.45) is 0 Å². The Balaban J connectivity index is 1.28. The highest BCUT2D eigenvalue weighted by Gasteiger charge is 2.25. The molecule has 0 bridgehead atoms. The van der Waals surface area contributed by atoms with Gasteiger partial charge < -0.3 is 24.4 Å². The van der Waals surface area contributed by atoms with Gasteiger partial charge in [-0.15, -0.1) is 0 Å². The van der Waals surface area contributed by atoms with E-state index >= 15 is 0 Å². The molecular weight excluding hydrogens is 328 g/mol. The Labute approximate surface area is 154 Å². The van der Waals surface area contributed by atoms with E-state index in [2.05, 4.69) is 47.8 Å². The summed E-state index contributed by atoms with van der Waals surface area (Å²) >= 11 is 0. The number of methoxy groups -OCH3 is 1. The molecule has 2 aromatic rings. The van der Waals surface area contributed by atoms with Crippen LogP contribution in [0.2, 0.25) is 0 Å². The van der Waals surface area contributed by atoms with Crippen molar-refractivity contribution in [1.29, 1.82) is 0 Å². The Hall–Kier alpha value is -2.24. The predicted octanol–water partition coefficient (Wildman–Crippen LogP) is 0.735. The number of nitrogens with two attached hydrogens (primary N) is 1. The summed E-state index contributed by atoms with van der Waals surface area (Å²) in [4.78, 5) is 1.70. The van der Waals surface area contributed by atoms with Crippen LogP contribution in [0, 0.1) is 0 Å². The van der Waals surface area contributed by atoms with E-state index in [-0.39, 0.29) is 6.79 Å². The fourth-order valence-corrected chi connectivity index (χ4v) is 3.95. The molecule has 0 saturated carbocycles.